The molecule has 1 unspecified atom stereocenters. The van der Waals surface area contributed by atoms with Crippen LogP contribution in [0.1, 0.15) is 6.42 Å². The van der Waals surface area contributed by atoms with Crippen LogP contribution >= 0.6 is 0 Å². The summed E-state index contributed by atoms with van der Waals surface area (Å²) in [5.41, 5.74) is 0. The van der Waals surface area contributed by atoms with Gasteiger partial charge in [-0.3, -0.25) is 14.3 Å². The average molecular weight is 282 g/mol. The molecule has 1 aliphatic rings. The second-order valence-corrected chi connectivity index (χ2v) is 4.45. The molecule has 0 aromatic carbocycles. The van der Waals surface area contributed by atoms with Crippen molar-refractivity contribution in [1.82, 2.24) is 15.1 Å². The molecule has 1 saturated heterocycles. The van der Waals surface area contributed by atoms with Gasteiger partial charge < -0.3 is 20.1 Å². The van der Waals surface area contributed by atoms with E-state index in [2.05, 4.69) is 20.5 Å². The largest absolute Gasteiger partial charge is 0.468 e. The van der Waals surface area contributed by atoms with Crippen LogP contribution in [0.4, 0.5) is 5.82 Å². The van der Waals surface area contributed by atoms with Gasteiger partial charge in [-0.1, -0.05) is 0 Å². The molecule has 110 valence electrons. The van der Waals surface area contributed by atoms with Gasteiger partial charge in [-0.15, -0.1) is 0 Å². The van der Waals surface area contributed by atoms with Gasteiger partial charge in [0.2, 0.25) is 5.91 Å². The Morgan fingerprint density at radius 2 is 2.50 bits per heavy atom. The summed E-state index contributed by atoms with van der Waals surface area (Å²) in [5, 5.41) is 9.95. The number of morpholine rings is 1. The van der Waals surface area contributed by atoms with Gasteiger partial charge in [-0.2, -0.15) is 5.10 Å². The van der Waals surface area contributed by atoms with Crippen molar-refractivity contribution in [2.75, 3.05) is 32.2 Å². The minimum atomic E-state index is -0.394. The number of anilines is 1. The first kappa shape index (κ1) is 14.5. The third-order valence-corrected chi connectivity index (χ3v) is 2.86. The number of methoxy groups -OCH3 is 1. The van der Waals surface area contributed by atoms with Crippen molar-refractivity contribution in [2.24, 2.45) is 0 Å². The lowest BCUT2D eigenvalue weighted by molar-refractivity contribution is -0.141. The number of aromatic nitrogens is 2. The van der Waals surface area contributed by atoms with Crippen molar-refractivity contribution in [3.63, 3.8) is 0 Å². The number of hydrogen-bond donors (Lipinski definition) is 2. The Hall–Kier alpha value is -1.93. The van der Waals surface area contributed by atoms with Crippen molar-refractivity contribution in [3.05, 3.63) is 12.3 Å². The second kappa shape index (κ2) is 7.01. The van der Waals surface area contributed by atoms with Crippen molar-refractivity contribution in [3.8, 4) is 0 Å². The number of ether oxygens (including phenoxy) is 2. The number of hydrogen-bond acceptors (Lipinski definition) is 6. The zero-order chi connectivity index (χ0) is 14.4. The first-order valence-corrected chi connectivity index (χ1v) is 6.38. The smallest absolute Gasteiger partial charge is 0.327 e. The molecule has 0 saturated carbocycles. The Bertz CT molecular complexity index is 468. The van der Waals surface area contributed by atoms with Gasteiger partial charge >= 0.3 is 5.97 Å². The Morgan fingerprint density at radius 3 is 3.20 bits per heavy atom. The zero-order valence-electron chi connectivity index (χ0n) is 11.3. The molecule has 0 aliphatic carbocycles. The molecule has 8 heteroatoms. The molecule has 1 aromatic rings. The van der Waals surface area contributed by atoms with E-state index in [0.717, 1.165) is 6.54 Å². The minimum Gasteiger partial charge on any atom is -0.468 e. The highest BCUT2D eigenvalue weighted by Crippen LogP contribution is 2.05. The third kappa shape index (κ3) is 4.32. The van der Waals surface area contributed by atoms with Crippen LogP contribution in [0.3, 0.4) is 0 Å². The number of rotatable bonds is 5. The highest BCUT2D eigenvalue weighted by molar-refractivity contribution is 5.90. The lowest BCUT2D eigenvalue weighted by Crippen LogP contribution is -2.43. The third-order valence-electron chi connectivity index (χ3n) is 2.86. The molecule has 20 heavy (non-hydrogen) atoms. The fraction of sp³-hybridized carbons (Fsp3) is 0.583. The number of carbonyl (C=O) groups is 2. The predicted octanol–water partition coefficient (Wildman–Crippen LogP) is -0.627. The zero-order valence-corrected chi connectivity index (χ0v) is 11.3. The van der Waals surface area contributed by atoms with Crippen molar-refractivity contribution in [1.29, 1.82) is 0 Å². The molecular weight excluding hydrogens is 264 g/mol. The van der Waals surface area contributed by atoms with Gasteiger partial charge in [0.05, 0.1) is 20.3 Å². The van der Waals surface area contributed by atoms with Crippen molar-refractivity contribution < 1.29 is 19.1 Å². The summed E-state index contributed by atoms with van der Waals surface area (Å²) in [4.78, 5) is 22.9. The number of carbonyl (C=O) groups excluding carboxylic acids is 2. The van der Waals surface area contributed by atoms with Gasteiger partial charge in [0.25, 0.3) is 0 Å². The normalized spacial score (nSPS) is 18.6. The van der Waals surface area contributed by atoms with E-state index in [1.54, 1.807) is 12.3 Å². The van der Waals surface area contributed by atoms with Gasteiger partial charge in [-0.25, -0.2) is 0 Å². The van der Waals surface area contributed by atoms with Crippen LogP contribution in [0.5, 0.6) is 0 Å². The summed E-state index contributed by atoms with van der Waals surface area (Å²) < 4.78 is 11.2. The first-order chi connectivity index (χ1) is 9.67. The predicted molar refractivity (Wildman–Crippen MR) is 70.1 cm³/mol. The lowest BCUT2D eigenvalue weighted by Gasteiger charge is -2.22. The SMILES string of the molecule is COC(=O)Cn1ccc(NC(=O)CC2COCCN2)n1. The lowest BCUT2D eigenvalue weighted by atomic mass is 10.2. The van der Waals surface area contributed by atoms with Crippen LogP contribution in [0.2, 0.25) is 0 Å². The Labute approximate surface area is 116 Å². The van der Waals surface area contributed by atoms with E-state index < -0.39 is 5.97 Å². The summed E-state index contributed by atoms with van der Waals surface area (Å²) in [5.74, 6) is -0.124. The fourth-order valence-corrected chi connectivity index (χ4v) is 1.88. The minimum absolute atomic E-state index is 0.0182. The number of amides is 1. The molecule has 0 radical (unpaired) electrons. The molecule has 0 bridgehead atoms. The van der Waals surface area contributed by atoms with E-state index in [1.165, 1.54) is 11.8 Å². The molecule has 2 heterocycles. The average Bonchev–Trinajstić information content (AvgIpc) is 2.86. The van der Waals surface area contributed by atoms with Crippen LogP contribution in [-0.4, -0.2) is 54.6 Å². The topological polar surface area (TPSA) is 94.5 Å². The molecule has 1 amide bonds. The summed E-state index contributed by atoms with van der Waals surface area (Å²) in [7, 11) is 1.31. The second-order valence-electron chi connectivity index (χ2n) is 4.45. The van der Waals surface area contributed by atoms with Gasteiger partial charge in [0.1, 0.15) is 6.54 Å². The summed E-state index contributed by atoms with van der Waals surface area (Å²) in [6.07, 6.45) is 1.93. The molecule has 0 spiro atoms. The molecule has 1 fully saturated rings. The standard InChI is InChI=1S/C12H18N4O4/c1-19-12(18)7-16-4-2-10(15-16)14-11(17)6-9-8-20-5-3-13-9/h2,4,9,13H,3,5-8H2,1H3,(H,14,15,17). The highest BCUT2D eigenvalue weighted by atomic mass is 16.5. The molecule has 8 nitrogen and oxygen atoms in total. The molecule has 2 rings (SSSR count). The maximum Gasteiger partial charge on any atom is 0.327 e. The maximum atomic E-state index is 11.8. The van der Waals surface area contributed by atoms with E-state index in [-0.39, 0.29) is 18.5 Å². The number of nitrogens with zero attached hydrogens (tertiary/aromatic N) is 2. The summed E-state index contributed by atoms with van der Waals surface area (Å²) in [6, 6.07) is 1.66. The van der Waals surface area contributed by atoms with E-state index >= 15 is 0 Å². The van der Waals surface area contributed by atoms with E-state index in [0.29, 0.717) is 25.5 Å². The monoisotopic (exact) mass is 282 g/mol. The first-order valence-electron chi connectivity index (χ1n) is 6.38. The molecule has 1 aromatic heterocycles. The molecule has 1 aliphatic heterocycles. The van der Waals surface area contributed by atoms with E-state index in [4.69, 9.17) is 4.74 Å². The van der Waals surface area contributed by atoms with Gasteiger partial charge in [0, 0.05) is 31.3 Å². The molecule has 2 N–H and O–H groups in total. The molecular formula is C12H18N4O4. The Balaban J connectivity index is 1.80. The van der Waals surface area contributed by atoms with Crippen LogP contribution in [0.15, 0.2) is 12.3 Å². The van der Waals surface area contributed by atoms with Crippen LogP contribution in [-0.2, 0) is 25.6 Å². The quantitative estimate of drug-likeness (QED) is 0.699. The summed E-state index contributed by atoms with van der Waals surface area (Å²) in [6.45, 7) is 1.98. The van der Waals surface area contributed by atoms with Crippen LogP contribution in [0, 0.1) is 0 Å². The van der Waals surface area contributed by atoms with Gasteiger partial charge in [0.15, 0.2) is 5.82 Å². The molecule has 1 atom stereocenters. The number of nitrogens with one attached hydrogen (secondary N) is 2. The highest BCUT2D eigenvalue weighted by Gasteiger charge is 2.17. The summed E-state index contributed by atoms with van der Waals surface area (Å²) >= 11 is 0. The Kier molecular flexibility index (Phi) is 5.08. The van der Waals surface area contributed by atoms with Crippen LogP contribution < -0.4 is 10.6 Å². The number of esters is 1. The van der Waals surface area contributed by atoms with E-state index in [9.17, 15) is 9.59 Å². The maximum absolute atomic E-state index is 11.8. The van der Waals surface area contributed by atoms with E-state index in [1.807, 2.05) is 0 Å². The van der Waals surface area contributed by atoms with Gasteiger partial charge in [-0.05, 0) is 0 Å². The van der Waals surface area contributed by atoms with Crippen molar-refractivity contribution >= 4 is 17.7 Å². The van der Waals surface area contributed by atoms with Crippen molar-refractivity contribution in [2.45, 2.75) is 19.0 Å². The fourth-order valence-electron chi connectivity index (χ4n) is 1.88. The Morgan fingerprint density at radius 1 is 1.65 bits per heavy atom. The van der Waals surface area contributed by atoms with Crippen LogP contribution in [0.25, 0.3) is 0 Å².